The Labute approximate surface area is 84.7 Å². The Morgan fingerprint density at radius 3 is 2.71 bits per heavy atom. The molecule has 0 saturated carbocycles. The topological polar surface area (TPSA) is 27.7 Å². The molecule has 0 amide bonds. The summed E-state index contributed by atoms with van der Waals surface area (Å²) in [4.78, 5) is 0. The molecule has 78 valence electrons. The third-order valence-electron chi connectivity index (χ3n) is 3.64. The summed E-state index contributed by atoms with van der Waals surface area (Å²) in [5, 5.41) is 0. The third kappa shape index (κ3) is 0.890. The van der Waals surface area contributed by atoms with E-state index in [1.54, 1.807) is 7.11 Å². The van der Waals surface area contributed by atoms with E-state index in [0.717, 1.165) is 0 Å². The average Bonchev–Trinajstić information content (AvgIpc) is 2.60. The highest BCUT2D eigenvalue weighted by atomic mass is 16.6. The van der Waals surface area contributed by atoms with Crippen molar-refractivity contribution in [3.05, 3.63) is 0 Å². The summed E-state index contributed by atoms with van der Waals surface area (Å²) in [7, 11) is 1.66. The van der Waals surface area contributed by atoms with Crippen molar-refractivity contribution >= 4 is 0 Å². The number of methoxy groups -OCH3 is 1. The van der Waals surface area contributed by atoms with Gasteiger partial charge in [0.2, 0.25) is 0 Å². The normalized spacial score (nSPS) is 51.6. The number of rotatable bonds is 1. The zero-order valence-corrected chi connectivity index (χ0v) is 8.87. The summed E-state index contributed by atoms with van der Waals surface area (Å²) in [6.45, 7) is 5.20. The lowest BCUT2D eigenvalue weighted by Crippen LogP contribution is -2.52. The molecule has 2 aliphatic heterocycles. The second kappa shape index (κ2) is 2.96. The van der Waals surface area contributed by atoms with Gasteiger partial charge in [0.15, 0.2) is 5.60 Å². The molecular weight excluding hydrogens is 180 g/mol. The van der Waals surface area contributed by atoms with Crippen LogP contribution in [0.1, 0.15) is 13.8 Å². The van der Waals surface area contributed by atoms with Crippen molar-refractivity contribution in [2.24, 2.45) is 5.92 Å². The lowest BCUT2D eigenvalue weighted by atomic mass is 9.78. The van der Waals surface area contributed by atoms with Crippen LogP contribution in [0, 0.1) is 18.3 Å². The van der Waals surface area contributed by atoms with E-state index in [1.807, 2.05) is 6.92 Å². The highest BCUT2D eigenvalue weighted by Crippen LogP contribution is 2.49. The Morgan fingerprint density at radius 1 is 1.43 bits per heavy atom. The fraction of sp³-hybridized carbons (Fsp3) is 0.818. The van der Waals surface area contributed by atoms with Crippen molar-refractivity contribution in [1.29, 1.82) is 0 Å². The van der Waals surface area contributed by atoms with Gasteiger partial charge in [0, 0.05) is 13.0 Å². The zero-order chi connectivity index (χ0) is 10.4. The Hall–Kier alpha value is -0.560. The van der Waals surface area contributed by atoms with E-state index in [2.05, 4.69) is 12.8 Å². The van der Waals surface area contributed by atoms with Crippen LogP contribution in [-0.2, 0) is 14.2 Å². The summed E-state index contributed by atoms with van der Waals surface area (Å²) in [5.41, 5.74) is -1.09. The Balaban J connectivity index is 2.41. The molecule has 0 radical (unpaired) electrons. The van der Waals surface area contributed by atoms with Gasteiger partial charge < -0.3 is 14.2 Å². The monoisotopic (exact) mass is 196 g/mol. The molecule has 0 unspecified atom stereocenters. The lowest BCUT2D eigenvalue weighted by molar-refractivity contribution is -0.0918. The van der Waals surface area contributed by atoms with Crippen molar-refractivity contribution < 1.29 is 14.2 Å². The standard InChI is InChI=1S/C11H16O3/c1-5-11-8(2)6-13-10(11,3)9(12-4)7-14-11/h1,8-9H,6-7H2,2-4H3/t8-,9-,10+,11+/m0/s1. The first-order chi connectivity index (χ1) is 6.60. The molecule has 4 atom stereocenters. The van der Waals surface area contributed by atoms with Crippen LogP contribution in [0.4, 0.5) is 0 Å². The second-order valence-electron chi connectivity index (χ2n) is 4.23. The Bertz CT molecular complexity index is 283. The fourth-order valence-corrected chi connectivity index (χ4v) is 2.62. The first-order valence-corrected chi connectivity index (χ1v) is 4.89. The molecule has 0 N–H and O–H groups in total. The van der Waals surface area contributed by atoms with Crippen LogP contribution in [0.15, 0.2) is 0 Å². The summed E-state index contributed by atoms with van der Waals surface area (Å²) in [6.07, 6.45) is 5.53. The van der Waals surface area contributed by atoms with E-state index in [4.69, 9.17) is 20.6 Å². The van der Waals surface area contributed by atoms with Crippen LogP contribution in [0.5, 0.6) is 0 Å². The Morgan fingerprint density at radius 2 is 2.14 bits per heavy atom. The zero-order valence-electron chi connectivity index (χ0n) is 8.87. The van der Waals surface area contributed by atoms with Gasteiger partial charge in [0.25, 0.3) is 0 Å². The van der Waals surface area contributed by atoms with Gasteiger partial charge in [-0.25, -0.2) is 0 Å². The molecule has 2 heterocycles. The maximum Gasteiger partial charge on any atom is 0.164 e. The number of fused-ring (bicyclic) bond motifs is 1. The van der Waals surface area contributed by atoms with Crippen LogP contribution < -0.4 is 0 Å². The largest absolute Gasteiger partial charge is 0.376 e. The van der Waals surface area contributed by atoms with Gasteiger partial charge in [-0.2, -0.15) is 0 Å². The highest BCUT2D eigenvalue weighted by molar-refractivity contribution is 5.28. The smallest absolute Gasteiger partial charge is 0.164 e. The maximum absolute atomic E-state index is 5.78. The van der Waals surface area contributed by atoms with Gasteiger partial charge in [0.05, 0.1) is 13.2 Å². The molecule has 0 aromatic heterocycles. The van der Waals surface area contributed by atoms with E-state index in [1.165, 1.54) is 0 Å². The molecule has 0 aromatic carbocycles. The summed E-state index contributed by atoms with van der Waals surface area (Å²) >= 11 is 0. The molecule has 2 fully saturated rings. The first kappa shape index (κ1) is 9.97. The molecule has 3 nitrogen and oxygen atoms in total. The SMILES string of the molecule is C#C[C@]12OC[C@H](OC)[C@@]1(C)OC[C@@H]2C. The van der Waals surface area contributed by atoms with Crippen LogP contribution in [0.25, 0.3) is 0 Å². The maximum atomic E-state index is 5.78. The number of ether oxygens (including phenoxy) is 3. The molecule has 0 spiro atoms. The van der Waals surface area contributed by atoms with Gasteiger partial charge in [-0.05, 0) is 6.92 Å². The third-order valence-corrected chi connectivity index (χ3v) is 3.64. The number of hydrogen-bond donors (Lipinski definition) is 0. The van der Waals surface area contributed by atoms with E-state index in [-0.39, 0.29) is 12.0 Å². The average molecular weight is 196 g/mol. The minimum atomic E-state index is -0.603. The number of hydrogen-bond acceptors (Lipinski definition) is 3. The van der Waals surface area contributed by atoms with Crippen LogP contribution in [-0.4, -0.2) is 37.6 Å². The first-order valence-electron chi connectivity index (χ1n) is 4.89. The van der Waals surface area contributed by atoms with Crippen molar-refractivity contribution in [1.82, 2.24) is 0 Å². The van der Waals surface area contributed by atoms with Gasteiger partial charge >= 0.3 is 0 Å². The minimum Gasteiger partial charge on any atom is -0.376 e. The molecule has 3 heteroatoms. The van der Waals surface area contributed by atoms with Gasteiger partial charge in [0.1, 0.15) is 11.7 Å². The van der Waals surface area contributed by atoms with E-state index in [0.29, 0.717) is 13.2 Å². The van der Waals surface area contributed by atoms with Crippen molar-refractivity contribution in [2.45, 2.75) is 31.2 Å². The quantitative estimate of drug-likeness (QED) is 0.581. The predicted molar refractivity (Wildman–Crippen MR) is 51.8 cm³/mol. The highest BCUT2D eigenvalue weighted by Gasteiger charge is 2.66. The van der Waals surface area contributed by atoms with Crippen molar-refractivity contribution in [3.63, 3.8) is 0 Å². The predicted octanol–water partition coefficient (Wildman–Crippen LogP) is 0.829. The van der Waals surface area contributed by atoms with Crippen molar-refractivity contribution in [2.75, 3.05) is 20.3 Å². The molecule has 14 heavy (non-hydrogen) atoms. The molecule has 2 saturated heterocycles. The minimum absolute atomic E-state index is 0.0662. The van der Waals surface area contributed by atoms with Crippen LogP contribution in [0.3, 0.4) is 0 Å². The van der Waals surface area contributed by atoms with Crippen LogP contribution >= 0.6 is 0 Å². The molecule has 0 aromatic rings. The van der Waals surface area contributed by atoms with Gasteiger partial charge in [-0.1, -0.05) is 12.8 Å². The fourth-order valence-electron chi connectivity index (χ4n) is 2.62. The van der Waals surface area contributed by atoms with Gasteiger partial charge in [-0.15, -0.1) is 6.42 Å². The molecule has 0 bridgehead atoms. The van der Waals surface area contributed by atoms with E-state index in [9.17, 15) is 0 Å². The summed E-state index contributed by atoms with van der Waals surface area (Å²) in [5.74, 6) is 2.99. The lowest BCUT2D eigenvalue weighted by Gasteiger charge is -2.34. The van der Waals surface area contributed by atoms with Crippen LogP contribution in [0.2, 0.25) is 0 Å². The number of terminal acetylenes is 1. The summed E-state index contributed by atoms with van der Waals surface area (Å²) < 4.78 is 16.9. The molecule has 2 aliphatic rings. The Kier molecular flexibility index (Phi) is 2.11. The van der Waals surface area contributed by atoms with Gasteiger partial charge in [-0.3, -0.25) is 0 Å². The van der Waals surface area contributed by atoms with E-state index < -0.39 is 11.2 Å². The summed E-state index contributed by atoms with van der Waals surface area (Å²) in [6, 6.07) is 0. The second-order valence-corrected chi connectivity index (χ2v) is 4.23. The van der Waals surface area contributed by atoms with Crippen molar-refractivity contribution in [3.8, 4) is 12.3 Å². The molecule has 2 rings (SSSR count). The molecule has 0 aliphatic carbocycles. The molecular formula is C11H16O3. The van der Waals surface area contributed by atoms with E-state index >= 15 is 0 Å².